The van der Waals surface area contributed by atoms with E-state index in [0.717, 1.165) is 17.1 Å². The van der Waals surface area contributed by atoms with Gasteiger partial charge in [-0.1, -0.05) is 11.6 Å². The molecule has 1 aromatic carbocycles. The lowest BCUT2D eigenvalue weighted by molar-refractivity contribution is -0.131. The highest BCUT2D eigenvalue weighted by atomic mass is 35.5. The first kappa shape index (κ1) is 17.0. The predicted octanol–water partition coefficient (Wildman–Crippen LogP) is 2.39. The van der Waals surface area contributed by atoms with Gasteiger partial charge in [-0.3, -0.25) is 4.79 Å². The number of esters is 1. The topological polar surface area (TPSA) is 64.4 Å². The van der Waals surface area contributed by atoms with E-state index in [-0.39, 0.29) is 12.5 Å². The Balaban J connectivity index is 2.11. The first-order valence-corrected chi connectivity index (χ1v) is 7.38. The molecular weight excluding hydrogens is 318 g/mol. The molecule has 0 aliphatic heterocycles. The van der Waals surface area contributed by atoms with Gasteiger partial charge in [-0.15, -0.1) is 0 Å². The third-order valence-corrected chi connectivity index (χ3v) is 3.92. The summed E-state index contributed by atoms with van der Waals surface area (Å²) in [5.74, 6) is -0.814. The summed E-state index contributed by atoms with van der Waals surface area (Å²) in [6.45, 7) is 3.43. The number of carbonyl (C=O) groups is 2. The van der Waals surface area contributed by atoms with Crippen molar-refractivity contribution in [1.29, 1.82) is 0 Å². The van der Waals surface area contributed by atoms with Crippen LogP contribution in [0.4, 0.5) is 0 Å². The van der Waals surface area contributed by atoms with Crippen molar-refractivity contribution in [1.82, 2.24) is 14.7 Å². The zero-order chi connectivity index (χ0) is 17.1. The molecule has 0 atom stereocenters. The monoisotopic (exact) mass is 335 g/mol. The van der Waals surface area contributed by atoms with Gasteiger partial charge in [0.05, 0.1) is 27.7 Å². The van der Waals surface area contributed by atoms with Gasteiger partial charge >= 0.3 is 5.97 Å². The van der Waals surface area contributed by atoms with Gasteiger partial charge in [-0.2, -0.15) is 5.10 Å². The second-order valence-electron chi connectivity index (χ2n) is 5.31. The first-order chi connectivity index (χ1) is 10.8. The third-order valence-electron chi connectivity index (χ3n) is 3.38. The largest absolute Gasteiger partial charge is 0.452 e. The Morgan fingerprint density at radius 2 is 1.83 bits per heavy atom. The minimum absolute atomic E-state index is 0.271. The molecule has 1 aromatic heterocycles. The summed E-state index contributed by atoms with van der Waals surface area (Å²) >= 11 is 6.13. The van der Waals surface area contributed by atoms with Crippen LogP contribution >= 0.6 is 11.6 Å². The Labute approximate surface area is 139 Å². The van der Waals surface area contributed by atoms with Gasteiger partial charge in [0.25, 0.3) is 5.91 Å². The maximum Gasteiger partial charge on any atom is 0.338 e. The van der Waals surface area contributed by atoms with Crippen molar-refractivity contribution in [3.8, 4) is 5.69 Å². The molecule has 122 valence electrons. The molecule has 0 spiro atoms. The maximum atomic E-state index is 11.9. The quantitative estimate of drug-likeness (QED) is 0.805. The Morgan fingerprint density at radius 3 is 2.30 bits per heavy atom. The number of hydrogen-bond donors (Lipinski definition) is 0. The number of ether oxygens (including phenoxy) is 1. The summed E-state index contributed by atoms with van der Waals surface area (Å²) in [7, 11) is 3.20. The predicted molar refractivity (Wildman–Crippen MR) is 87.0 cm³/mol. The van der Waals surface area contributed by atoms with Crippen LogP contribution in [0.25, 0.3) is 5.69 Å². The van der Waals surface area contributed by atoms with Crippen molar-refractivity contribution < 1.29 is 14.3 Å². The summed E-state index contributed by atoms with van der Waals surface area (Å²) < 4.78 is 6.68. The van der Waals surface area contributed by atoms with Gasteiger partial charge in [-0.05, 0) is 38.1 Å². The molecule has 2 rings (SSSR count). The van der Waals surface area contributed by atoms with E-state index in [9.17, 15) is 9.59 Å². The number of rotatable bonds is 4. The summed E-state index contributed by atoms with van der Waals surface area (Å²) in [4.78, 5) is 24.7. The lowest BCUT2D eigenvalue weighted by Crippen LogP contribution is -2.27. The summed E-state index contributed by atoms with van der Waals surface area (Å²) in [5, 5.41) is 4.97. The van der Waals surface area contributed by atoms with Gasteiger partial charge in [0.15, 0.2) is 6.61 Å². The number of hydrogen-bond acceptors (Lipinski definition) is 4. The standard InChI is InChI=1S/C16H18ClN3O3/c1-10-15(17)11(2)20(18-10)13-7-5-12(6-8-13)16(22)23-9-14(21)19(3)4/h5-8H,9H2,1-4H3. The molecule has 7 heteroatoms. The van der Waals surface area contributed by atoms with Crippen molar-refractivity contribution in [3.63, 3.8) is 0 Å². The SMILES string of the molecule is Cc1nn(-c2ccc(C(=O)OCC(=O)N(C)C)cc2)c(C)c1Cl. The zero-order valence-electron chi connectivity index (χ0n) is 13.5. The van der Waals surface area contributed by atoms with Crippen LogP contribution in [-0.2, 0) is 9.53 Å². The normalized spacial score (nSPS) is 10.5. The van der Waals surface area contributed by atoms with Crippen molar-refractivity contribution in [2.24, 2.45) is 0 Å². The molecule has 0 saturated carbocycles. The van der Waals surface area contributed by atoms with E-state index in [1.165, 1.54) is 4.90 Å². The maximum absolute atomic E-state index is 11.9. The fraction of sp³-hybridized carbons (Fsp3) is 0.312. The molecule has 6 nitrogen and oxygen atoms in total. The number of benzene rings is 1. The number of aryl methyl sites for hydroxylation is 1. The van der Waals surface area contributed by atoms with Crippen LogP contribution in [-0.4, -0.2) is 47.3 Å². The van der Waals surface area contributed by atoms with Crippen LogP contribution in [0.15, 0.2) is 24.3 Å². The van der Waals surface area contributed by atoms with Crippen LogP contribution in [0, 0.1) is 13.8 Å². The molecule has 0 saturated heterocycles. The van der Waals surface area contributed by atoms with Gasteiger partial charge < -0.3 is 9.64 Å². The van der Waals surface area contributed by atoms with Crippen molar-refractivity contribution in [2.45, 2.75) is 13.8 Å². The molecule has 0 unspecified atom stereocenters. The Hall–Kier alpha value is -2.34. The fourth-order valence-corrected chi connectivity index (χ4v) is 2.07. The lowest BCUT2D eigenvalue weighted by atomic mass is 10.2. The highest BCUT2D eigenvalue weighted by molar-refractivity contribution is 6.31. The molecule has 1 amide bonds. The van der Waals surface area contributed by atoms with Crippen LogP contribution in [0.1, 0.15) is 21.7 Å². The molecule has 1 heterocycles. The van der Waals surface area contributed by atoms with Gasteiger partial charge in [-0.25, -0.2) is 9.48 Å². The van der Waals surface area contributed by atoms with Gasteiger partial charge in [0.2, 0.25) is 0 Å². The Bertz CT molecular complexity index is 736. The molecule has 0 radical (unpaired) electrons. The van der Waals surface area contributed by atoms with Gasteiger partial charge in [0.1, 0.15) is 0 Å². The number of aromatic nitrogens is 2. The number of likely N-dealkylation sites (N-methyl/N-ethyl adjacent to an activating group) is 1. The van der Waals surface area contributed by atoms with E-state index in [0.29, 0.717) is 10.6 Å². The third kappa shape index (κ3) is 3.71. The van der Waals surface area contributed by atoms with E-state index in [2.05, 4.69) is 5.10 Å². The number of nitrogens with zero attached hydrogens (tertiary/aromatic N) is 3. The van der Waals surface area contributed by atoms with Crippen LogP contribution in [0.2, 0.25) is 5.02 Å². The van der Waals surface area contributed by atoms with Crippen LogP contribution < -0.4 is 0 Å². The fourth-order valence-electron chi connectivity index (χ4n) is 1.95. The van der Waals surface area contributed by atoms with E-state index in [4.69, 9.17) is 16.3 Å². The molecule has 0 aliphatic rings. The number of carbonyl (C=O) groups excluding carboxylic acids is 2. The summed E-state index contributed by atoms with van der Waals surface area (Å²) in [6.07, 6.45) is 0. The molecule has 0 N–H and O–H groups in total. The summed E-state index contributed by atoms with van der Waals surface area (Å²) in [6, 6.07) is 6.75. The molecule has 2 aromatic rings. The van der Waals surface area contributed by atoms with Crippen molar-refractivity contribution >= 4 is 23.5 Å². The minimum atomic E-state index is -0.543. The van der Waals surface area contributed by atoms with Crippen molar-refractivity contribution in [3.05, 3.63) is 46.2 Å². The number of halogens is 1. The minimum Gasteiger partial charge on any atom is -0.452 e. The van der Waals surface area contributed by atoms with Crippen LogP contribution in [0.5, 0.6) is 0 Å². The number of amides is 1. The second-order valence-corrected chi connectivity index (χ2v) is 5.69. The van der Waals surface area contributed by atoms with E-state index in [1.54, 1.807) is 43.0 Å². The molecule has 0 bridgehead atoms. The Kier molecular flexibility index (Phi) is 5.05. The lowest BCUT2D eigenvalue weighted by Gasteiger charge is -2.10. The van der Waals surface area contributed by atoms with Crippen molar-refractivity contribution in [2.75, 3.05) is 20.7 Å². The van der Waals surface area contributed by atoms with E-state index >= 15 is 0 Å². The molecule has 0 aliphatic carbocycles. The Morgan fingerprint density at radius 1 is 1.22 bits per heavy atom. The first-order valence-electron chi connectivity index (χ1n) is 7.00. The van der Waals surface area contributed by atoms with Gasteiger partial charge in [0, 0.05) is 14.1 Å². The zero-order valence-corrected chi connectivity index (χ0v) is 14.2. The highest BCUT2D eigenvalue weighted by Gasteiger charge is 2.13. The smallest absolute Gasteiger partial charge is 0.338 e. The van der Waals surface area contributed by atoms with E-state index in [1.807, 2.05) is 13.8 Å². The average Bonchev–Trinajstić information content (AvgIpc) is 2.79. The van der Waals surface area contributed by atoms with Crippen LogP contribution in [0.3, 0.4) is 0 Å². The highest BCUT2D eigenvalue weighted by Crippen LogP contribution is 2.22. The molecule has 0 fully saturated rings. The molecular formula is C16H18ClN3O3. The second kappa shape index (κ2) is 6.83. The average molecular weight is 336 g/mol. The molecule has 23 heavy (non-hydrogen) atoms. The van der Waals surface area contributed by atoms with E-state index < -0.39 is 5.97 Å². The summed E-state index contributed by atoms with van der Waals surface area (Å²) in [5.41, 5.74) is 2.73.